The molecule has 0 aromatic carbocycles. The Bertz CT molecular complexity index is 582. The van der Waals surface area contributed by atoms with Crippen molar-refractivity contribution in [2.24, 2.45) is 11.5 Å². The molecule has 0 rings (SSSR count). The van der Waals surface area contributed by atoms with E-state index in [1.165, 1.54) is 13.8 Å². The third kappa shape index (κ3) is 8.44. The van der Waals surface area contributed by atoms with E-state index < -0.39 is 72.9 Å². The second-order valence-electron chi connectivity index (χ2n) is 5.82. The van der Waals surface area contributed by atoms with Gasteiger partial charge in [-0.15, -0.1) is 0 Å². The first-order valence-corrected chi connectivity index (χ1v) is 7.87. The third-order valence-corrected chi connectivity index (χ3v) is 3.37. The van der Waals surface area contributed by atoms with E-state index in [2.05, 4.69) is 10.6 Å². The first-order chi connectivity index (χ1) is 12.4. The van der Waals surface area contributed by atoms with Crippen molar-refractivity contribution in [3.63, 3.8) is 0 Å². The minimum atomic E-state index is -1.58. The van der Waals surface area contributed by atoms with E-state index in [0.29, 0.717) is 0 Å². The van der Waals surface area contributed by atoms with Crippen LogP contribution in [0.15, 0.2) is 0 Å². The van der Waals surface area contributed by atoms with E-state index in [0.717, 1.165) is 0 Å². The maximum absolute atomic E-state index is 12.2. The highest BCUT2D eigenvalue weighted by atomic mass is 16.4. The summed E-state index contributed by atoms with van der Waals surface area (Å²) < 4.78 is 0. The fraction of sp³-hybridized carbons (Fsp3) is 0.643. The Morgan fingerprint density at radius 2 is 1.52 bits per heavy atom. The molecular weight excluding hydrogens is 366 g/mol. The predicted molar refractivity (Wildman–Crippen MR) is 89.7 cm³/mol. The number of hydrogen-bond acceptors (Lipinski definition) is 8. The SMILES string of the molecule is CC(NC(=O)C(NC(=O)C(N)CO)C(C)O)C(=O)NC(CC(N)=O)C(=O)O. The summed E-state index contributed by atoms with van der Waals surface area (Å²) >= 11 is 0. The highest BCUT2D eigenvalue weighted by Crippen LogP contribution is 1.98. The van der Waals surface area contributed by atoms with Crippen LogP contribution in [0, 0.1) is 0 Å². The van der Waals surface area contributed by atoms with Crippen LogP contribution < -0.4 is 27.4 Å². The molecule has 0 saturated carbocycles. The van der Waals surface area contributed by atoms with Crippen molar-refractivity contribution in [1.29, 1.82) is 0 Å². The zero-order valence-corrected chi connectivity index (χ0v) is 14.8. The standard InChI is InChI=1S/C14H25N5O8/c1-5(11(23)18-8(14(26)27)3-9(16)22)17-13(25)10(6(2)21)19-12(24)7(15)4-20/h5-8,10,20-21H,3-4,15H2,1-2H3,(H2,16,22)(H,17,25)(H,18,23)(H,19,24)(H,26,27). The van der Waals surface area contributed by atoms with Crippen LogP contribution in [0.5, 0.6) is 0 Å². The van der Waals surface area contributed by atoms with Crippen molar-refractivity contribution in [3.8, 4) is 0 Å². The number of carboxylic acid groups (broad SMARTS) is 1. The number of hydrogen-bond donors (Lipinski definition) is 8. The lowest BCUT2D eigenvalue weighted by Crippen LogP contribution is -2.59. The molecule has 0 aliphatic heterocycles. The zero-order valence-electron chi connectivity index (χ0n) is 14.8. The van der Waals surface area contributed by atoms with Crippen LogP contribution in [0.1, 0.15) is 20.3 Å². The molecule has 5 unspecified atom stereocenters. The van der Waals surface area contributed by atoms with Gasteiger partial charge in [0, 0.05) is 0 Å². The van der Waals surface area contributed by atoms with E-state index in [1.807, 2.05) is 5.32 Å². The van der Waals surface area contributed by atoms with Gasteiger partial charge in [-0.2, -0.15) is 0 Å². The lowest BCUT2D eigenvalue weighted by Gasteiger charge is -2.24. The summed E-state index contributed by atoms with van der Waals surface area (Å²) in [5.74, 6) is -5.22. The number of aliphatic hydroxyl groups is 2. The molecule has 0 saturated heterocycles. The molecule has 0 radical (unpaired) electrons. The van der Waals surface area contributed by atoms with Crippen LogP contribution in [0.4, 0.5) is 0 Å². The predicted octanol–water partition coefficient (Wildman–Crippen LogP) is -4.88. The van der Waals surface area contributed by atoms with Gasteiger partial charge in [-0.1, -0.05) is 0 Å². The van der Waals surface area contributed by atoms with Crippen LogP contribution in [-0.2, 0) is 24.0 Å². The Morgan fingerprint density at radius 3 is 1.93 bits per heavy atom. The molecule has 0 aromatic heterocycles. The highest BCUT2D eigenvalue weighted by Gasteiger charge is 2.31. The Labute approximate surface area is 154 Å². The first-order valence-electron chi connectivity index (χ1n) is 7.87. The average molecular weight is 391 g/mol. The minimum Gasteiger partial charge on any atom is -0.480 e. The Hall–Kier alpha value is -2.77. The van der Waals surface area contributed by atoms with Crippen molar-refractivity contribution in [3.05, 3.63) is 0 Å². The molecule has 0 spiro atoms. The summed E-state index contributed by atoms with van der Waals surface area (Å²) in [6.07, 6.45) is -2.01. The van der Waals surface area contributed by atoms with Crippen LogP contribution in [0.2, 0.25) is 0 Å². The van der Waals surface area contributed by atoms with Crippen LogP contribution in [0.3, 0.4) is 0 Å². The molecule has 154 valence electrons. The number of primary amides is 1. The number of amides is 4. The number of carbonyl (C=O) groups excluding carboxylic acids is 4. The number of nitrogens with two attached hydrogens (primary N) is 2. The number of rotatable bonds is 11. The second-order valence-corrected chi connectivity index (χ2v) is 5.82. The fourth-order valence-electron chi connectivity index (χ4n) is 1.82. The molecular formula is C14H25N5O8. The van der Waals surface area contributed by atoms with Crippen molar-refractivity contribution in [1.82, 2.24) is 16.0 Å². The average Bonchev–Trinajstić information content (AvgIpc) is 2.56. The maximum Gasteiger partial charge on any atom is 0.326 e. The molecule has 0 aliphatic carbocycles. The number of carboxylic acids is 1. The van der Waals surface area contributed by atoms with Crippen molar-refractivity contribution < 1.29 is 39.3 Å². The van der Waals surface area contributed by atoms with Crippen LogP contribution >= 0.6 is 0 Å². The van der Waals surface area contributed by atoms with E-state index in [1.54, 1.807) is 0 Å². The zero-order chi connectivity index (χ0) is 21.3. The molecule has 5 atom stereocenters. The van der Waals surface area contributed by atoms with E-state index in [-0.39, 0.29) is 0 Å². The quantitative estimate of drug-likeness (QED) is 0.168. The third-order valence-electron chi connectivity index (χ3n) is 3.37. The fourth-order valence-corrected chi connectivity index (χ4v) is 1.82. The summed E-state index contributed by atoms with van der Waals surface area (Å²) in [4.78, 5) is 57.7. The van der Waals surface area contributed by atoms with Crippen molar-refractivity contribution in [2.75, 3.05) is 6.61 Å². The van der Waals surface area contributed by atoms with Gasteiger partial charge in [-0.05, 0) is 13.8 Å². The van der Waals surface area contributed by atoms with Gasteiger partial charge in [0.1, 0.15) is 24.2 Å². The summed E-state index contributed by atoms with van der Waals surface area (Å²) in [6, 6.07) is -5.64. The number of aliphatic hydroxyl groups excluding tert-OH is 2. The van der Waals surface area contributed by atoms with Gasteiger partial charge in [0.2, 0.25) is 23.6 Å². The van der Waals surface area contributed by atoms with Gasteiger partial charge < -0.3 is 42.7 Å². The largest absolute Gasteiger partial charge is 0.480 e. The Morgan fingerprint density at radius 1 is 0.963 bits per heavy atom. The van der Waals surface area contributed by atoms with Crippen molar-refractivity contribution >= 4 is 29.6 Å². The normalized spacial score (nSPS) is 16.2. The molecule has 0 bridgehead atoms. The Balaban J connectivity index is 4.96. The minimum absolute atomic E-state index is 0.646. The smallest absolute Gasteiger partial charge is 0.326 e. The van der Waals surface area contributed by atoms with Crippen molar-refractivity contribution in [2.45, 2.75) is 50.5 Å². The molecule has 27 heavy (non-hydrogen) atoms. The van der Waals surface area contributed by atoms with Gasteiger partial charge in [0.05, 0.1) is 19.1 Å². The first kappa shape index (κ1) is 24.2. The number of aliphatic carboxylic acids is 1. The van der Waals surface area contributed by atoms with E-state index >= 15 is 0 Å². The summed E-state index contributed by atoms with van der Waals surface area (Å²) in [5.41, 5.74) is 10.2. The Kier molecular flexibility index (Phi) is 9.92. The van der Waals surface area contributed by atoms with Crippen LogP contribution in [0.25, 0.3) is 0 Å². The monoisotopic (exact) mass is 391 g/mol. The second kappa shape index (κ2) is 11.1. The molecule has 0 heterocycles. The number of carbonyl (C=O) groups is 5. The molecule has 4 amide bonds. The number of nitrogens with one attached hydrogen (secondary N) is 3. The summed E-state index contributed by atoms with van der Waals surface area (Å²) in [6.45, 7) is 1.74. The lowest BCUT2D eigenvalue weighted by molar-refractivity contribution is -0.143. The highest BCUT2D eigenvalue weighted by molar-refractivity contribution is 5.94. The molecule has 13 nitrogen and oxygen atoms in total. The molecule has 13 heteroatoms. The van der Waals surface area contributed by atoms with Gasteiger partial charge in [-0.25, -0.2) is 4.79 Å². The summed E-state index contributed by atoms with van der Waals surface area (Å²) in [7, 11) is 0. The molecule has 0 aliphatic rings. The van der Waals surface area contributed by atoms with Gasteiger partial charge in [0.15, 0.2) is 0 Å². The van der Waals surface area contributed by atoms with E-state index in [4.69, 9.17) is 21.7 Å². The maximum atomic E-state index is 12.2. The molecule has 10 N–H and O–H groups in total. The van der Waals surface area contributed by atoms with Crippen LogP contribution in [-0.4, -0.2) is 81.8 Å². The van der Waals surface area contributed by atoms with Gasteiger partial charge in [-0.3, -0.25) is 19.2 Å². The molecule has 0 aromatic rings. The lowest BCUT2D eigenvalue weighted by atomic mass is 10.1. The van der Waals surface area contributed by atoms with E-state index in [9.17, 15) is 29.1 Å². The molecule has 0 fully saturated rings. The van der Waals surface area contributed by atoms with Gasteiger partial charge in [0.25, 0.3) is 0 Å². The summed E-state index contributed by atoms with van der Waals surface area (Å²) in [5, 5.41) is 33.8. The topological polar surface area (TPSA) is 234 Å². The van der Waals surface area contributed by atoms with Gasteiger partial charge >= 0.3 is 5.97 Å².